The molecule has 1 saturated heterocycles. The highest BCUT2D eigenvalue weighted by molar-refractivity contribution is 9.11. The maximum absolute atomic E-state index is 12.3. The van der Waals surface area contributed by atoms with Crippen LogP contribution in [0.2, 0.25) is 0 Å². The van der Waals surface area contributed by atoms with Crippen LogP contribution in [0, 0.1) is 6.92 Å². The number of nitrogens with one attached hydrogen (secondary N) is 1. The monoisotopic (exact) mass is 385 g/mol. The molecule has 1 aliphatic heterocycles. The van der Waals surface area contributed by atoms with Crippen LogP contribution in [0.1, 0.15) is 12.0 Å². The summed E-state index contributed by atoms with van der Waals surface area (Å²) in [7, 11) is -3.80. The molecule has 0 radical (unpaired) electrons. The molecule has 19 heavy (non-hydrogen) atoms. The number of hydrogen-bond acceptors (Lipinski definition) is 5. The number of sulfonamides is 1. The van der Waals surface area contributed by atoms with E-state index in [0.29, 0.717) is 12.2 Å². The highest BCUT2D eigenvalue weighted by Crippen LogP contribution is 2.34. The van der Waals surface area contributed by atoms with Crippen LogP contribution in [0.4, 0.5) is 0 Å². The molecular weight excluding hydrogens is 374 g/mol. The Labute approximate surface area is 128 Å². The average molecular weight is 386 g/mol. The minimum absolute atomic E-state index is 0.134. The number of carbonyl (C=O) groups is 1. The molecule has 0 bridgehead atoms. The van der Waals surface area contributed by atoms with E-state index in [1.54, 1.807) is 6.92 Å². The fraction of sp³-hybridized carbons (Fsp3) is 0.500. The lowest BCUT2D eigenvalue weighted by molar-refractivity contribution is -0.142. The molecule has 1 unspecified atom stereocenters. The van der Waals surface area contributed by atoms with Gasteiger partial charge in [-0.15, -0.1) is 11.3 Å². The van der Waals surface area contributed by atoms with Crippen molar-refractivity contribution in [3.63, 3.8) is 0 Å². The summed E-state index contributed by atoms with van der Waals surface area (Å²) in [5.74, 6) is -0.219. The summed E-state index contributed by atoms with van der Waals surface area (Å²) in [6.07, 6.45) is 0.303. The molecule has 2 heterocycles. The van der Waals surface area contributed by atoms with Crippen molar-refractivity contribution in [2.75, 3.05) is 11.5 Å². The first-order valence-electron chi connectivity index (χ1n) is 5.38. The standard InChI is InChI=1S/C10H12BrNO4S3/c1-6-4-7(18-8(6)11)19(15,16)12-10(9(13)14)2-3-17-5-10/h4,12H,2-3,5H2,1H3,(H,13,14). The van der Waals surface area contributed by atoms with Gasteiger partial charge in [0.25, 0.3) is 10.0 Å². The summed E-state index contributed by atoms with van der Waals surface area (Å²) in [6, 6.07) is 1.54. The topological polar surface area (TPSA) is 83.5 Å². The van der Waals surface area contributed by atoms with Gasteiger partial charge in [0.1, 0.15) is 9.75 Å². The van der Waals surface area contributed by atoms with Crippen molar-refractivity contribution in [3.05, 3.63) is 15.4 Å². The van der Waals surface area contributed by atoms with Gasteiger partial charge >= 0.3 is 5.97 Å². The molecule has 1 atom stereocenters. The Morgan fingerprint density at radius 3 is 2.68 bits per heavy atom. The van der Waals surface area contributed by atoms with E-state index >= 15 is 0 Å². The lowest BCUT2D eigenvalue weighted by Gasteiger charge is -2.23. The summed E-state index contributed by atoms with van der Waals surface area (Å²) >= 11 is 5.79. The van der Waals surface area contributed by atoms with Crippen molar-refractivity contribution < 1.29 is 18.3 Å². The molecule has 1 aromatic heterocycles. The molecule has 2 rings (SSSR count). The number of thioether (sulfide) groups is 1. The van der Waals surface area contributed by atoms with Crippen molar-refractivity contribution in [2.24, 2.45) is 0 Å². The summed E-state index contributed by atoms with van der Waals surface area (Å²) in [5.41, 5.74) is -0.566. The Hall–Kier alpha value is -0.0900. The van der Waals surface area contributed by atoms with Gasteiger partial charge in [-0.2, -0.15) is 16.5 Å². The van der Waals surface area contributed by atoms with Crippen LogP contribution in [-0.2, 0) is 14.8 Å². The summed E-state index contributed by atoms with van der Waals surface area (Å²) < 4.78 is 27.8. The van der Waals surface area contributed by atoms with Crippen LogP contribution >= 0.6 is 39.0 Å². The number of halogens is 1. The predicted octanol–water partition coefficient (Wildman–Crippen LogP) is 2.06. The zero-order valence-electron chi connectivity index (χ0n) is 9.97. The molecule has 5 nitrogen and oxygen atoms in total. The summed E-state index contributed by atoms with van der Waals surface area (Å²) in [4.78, 5) is 11.4. The van der Waals surface area contributed by atoms with Crippen LogP contribution in [0.3, 0.4) is 0 Å². The molecule has 106 valence electrons. The Morgan fingerprint density at radius 1 is 1.58 bits per heavy atom. The number of aliphatic carboxylic acids is 1. The zero-order chi connectivity index (χ0) is 14.3. The number of carboxylic acid groups (broad SMARTS) is 1. The maximum atomic E-state index is 12.3. The lowest BCUT2D eigenvalue weighted by atomic mass is 10.0. The van der Waals surface area contributed by atoms with Gasteiger partial charge in [-0.1, -0.05) is 0 Å². The van der Waals surface area contributed by atoms with Crippen molar-refractivity contribution in [1.29, 1.82) is 0 Å². The maximum Gasteiger partial charge on any atom is 0.325 e. The van der Waals surface area contributed by atoms with Gasteiger partial charge in [0, 0.05) is 5.75 Å². The Balaban J connectivity index is 2.33. The first kappa shape index (κ1) is 15.3. The van der Waals surface area contributed by atoms with Gasteiger partial charge in [0.05, 0.1) is 3.79 Å². The molecule has 1 fully saturated rings. The molecule has 0 amide bonds. The summed E-state index contributed by atoms with van der Waals surface area (Å²) in [5, 5.41) is 9.29. The van der Waals surface area contributed by atoms with E-state index in [2.05, 4.69) is 20.7 Å². The highest BCUT2D eigenvalue weighted by Gasteiger charge is 2.45. The SMILES string of the molecule is Cc1cc(S(=O)(=O)NC2(C(=O)O)CCSC2)sc1Br. The van der Waals surface area contributed by atoms with E-state index in [9.17, 15) is 18.3 Å². The number of rotatable bonds is 4. The van der Waals surface area contributed by atoms with Crippen LogP contribution in [0.25, 0.3) is 0 Å². The van der Waals surface area contributed by atoms with Crippen LogP contribution in [-0.4, -0.2) is 36.5 Å². The molecule has 1 aliphatic rings. The van der Waals surface area contributed by atoms with Gasteiger partial charge < -0.3 is 5.11 Å². The molecule has 9 heteroatoms. The number of thiophene rings is 1. The van der Waals surface area contributed by atoms with Gasteiger partial charge in [-0.3, -0.25) is 4.79 Å². The van der Waals surface area contributed by atoms with Crippen molar-refractivity contribution in [2.45, 2.75) is 23.1 Å². The lowest BCUT2D eigenvalue weighted by Crippen LogP contribution is -2.54. The van der Waals surface area contributed by atoms with E-state index in [0.717, 1.165) is 20.7 Å². The van der Waals surface area contributed by atoms with Gasteiger partial charge in [-0.25, -0.2) is 8.42 Å². The molecule has 1 aromatic rings. The van der Waals surface area contributed by atoms with Crippen molar-refractivity contribution in [1.82, 2.24) is 4.72 Å². The van der Waals surface area contributed by atoms with Crippen LogP contribution in [0.15, 0.2) is 14.1 Å². The van der Waals surface area contributed by atoms with E-state index < -0.39 is 21.5 Å². The second-order valence-corrected chi connectivity index (χ2v) is 9.70. The Kier molecular flexibility index (Phi) is 4.32. The summed E-state index contributed by atoms with van der Waals surface area (Å²) in [6.45, 7) is 1.79. The quantitative estimate of drug-likeness (QED) is 0.828. The van der Waals surface area contributed by atoms with Gasteiger partial charge in [0.2, 0.25) is 0 Å². The highest BCUT2D eigenvalue weighted by atomic mass is 79.9. The third kappa shape index (κ3) is 2.99. The Morgan fingerprint density at radius 2 is 2.26 bits per heavy atom. The zero-order valence-corrected chi connectivity index (χ0v) is 14.0. The largest absolute Gasteiger partial charge is 0.480 e. The first-order chi connectivity index (χ1) is 8.77. The minimum Gasteiger partial charge on any atom is -0.480 e. The third-order valence-electron chi connectivity index (χ3n) is 2.86. The van der Waals surface area contributed by atoms with Crippen LogP contribution < -0.4 is 4.72 Å². The number of hydrogen-bond donors (Lipinski definition) is 2. The first-order valence-corrected chi connectivity index (χ1v) is 9.63. The number of aryl methyl sites for hydroxylation is 1. The van der Waals surface area contributed by atoms with Gasteiger partial charge in [-0.05, 0) is 46.7 Å². The molecule has 0 spiro atoms. The van der Waals surface area contributed by atoms with Crippen molar-refractivity contribution >= 4 is 55.0 Å². The van der Waals surface area contributed by atoms with Gasteiger partial charge in [0.15, 0.2) is 0 Å². The Bertz CT molecular complexity index is 585. The smallest absolute Gasteiger partial charge is 0.325 e. The number of carboxylic acids is 1. The fourth-order valence-corrected chi connectivity index (χ4v) is 6.76. The molecule has 0 saturated carbocycles. The van der Waals surface area contributed by atoms with E-state index in [1.165, 1.54) is 17.8 Å². The molecule has 0 aliphatic carbocycles. The predicted molar refractivity (Wildman–Crippen MR) is 79.4 cm³/mol. The third-order valence-corrected chi connectivity index (χ3v) is 8.20. The average Bonchev–Trinajstić information content (AvgIpc) is 2.88. The second-order valence-electron chi connectivity index (χ2n) is 4.32. The minimum atomic E-state index is -3.80. The second kappa shape index (κ2) is 5.36. The van der Waals surface area contributed by atoms with E-state index in [1.807, 2.05) is 0 Å². The van der Waals surface area contributed by atoms with Crippen molar-refractivity contribution in [3.8, 4) is 0 Å². The van der Waals surface area contributed by atoms with E-state index in [4.69, 9.17) is 0 Å². The molecular formula is C10H12BrNO4S3. The van der Waals surface area contributed by atoms with E-state index in [-0.39, 0.29) is 9.96 Å². The normalized spacial score (nSPS) is 23.7. The molecule has 2 N–H and O–H groups in total. The fourth-order valence-electron chi connectivity index (χ4n) is 1.73. The van der Waals surface area contributed by atoms with Crippen LogP contribution in [0.5, 0.6) is 0 Å². The molecule has 0 aromatic carbocycles.